The Kier molecular flexibility index (Phi) is 5.03. The fourth-order valence-electron chi connectivity index (χ4n) is 3.28. The van der Waals surface area contributed by atoms with Crippen LogP contribution in [0.2, 0.25) is 5.04 Å². The van der Waals surface area contributed by atoms with Crippen molar-refractivity contribution in [2.75, 3.05) is 26.3 Å². The lowest BCUT2D eigenvalue weighted by Gasteiger charge is -2.41. The molecule has 0 saturated heterocycles. The molecular formula is C18H27NO3Si. The smallest absolute Gasteiger partial charge is 0.470 e. The summed E-state index contributed by atoms with van der Waals surface area (Å²) in [5.41, 5.74) is 4.86. The van der Waals surface area contributed by atoms with E-state index in [2.05, 4.69) is 38.8 Å². The van der Waals surface area contributed by atoms with E-state index >= 15 is 0 Å². The van der Waals surface area contributed by atoms with Crippen molar-refractivity contribution in [1.82, 2.24) is 0 Å². The summed E-state index contributed by atoms with van der Waals surface area (Å²) in [5.74, 6) is 0.826. The van der Waals surface area contributed by atoms with Crippen LogP contribution in [0.3, 0.4) is 0 Å². The summed E-state index contributed by atoms with van der Waals surface area (Å²) in [5, 5.41) is -0.273. The first kappa shape index (κ1) is 17.8. The van der Waals surface area contributed by atoms with E-state index in [0.29, 0.717) is 0 Å². The third kappa shape index (κ3) is 2.84. The standard InChI is InChI=1S/C18H27NO3Si/c1-13-12-18(4,15(3)14(13)2)23(21-6,22-7)19-16-8-10-17(20-5)11-9-16/h8-12,19H,1-7H3. The van der Waals surface area contributed by atoms with Crippen LogP contribution in [-0.2, 0) is 8.85 Å². The predicted molar refractivity (Wildman–Crippen MR) is 96.9 cm³/mol. The molecule has 0 spiro atoms. The second-order valence-electron chi connectivity index (χ2n) is 6.16. The average Bonchev–Trinajstić information content (AvgIpc) is 2.77. The summed E-state index contributed by atoms with van der Waals surface area (Å²) >= 11 is 0. The Morgan fingerprint density at radius 2 is 1.52 bits per heavy atom. The lowest BCUT2D eigenvalue weighted by Crippen LogP contribution is -2.57. The Morgan fingerprint density at radius 1 is 0.957 bits per heavy atom. The van der Waals surface area contributed by atoms with Crippen molar-refractivity contribution in [3.63, 3.8) is 0 Å². The van der Waals surface area contributed by atoms with Crippen LogP contribution in [0.1, 0.15) is 27.7 Å². The van der Waals surface area contributed by atoms with E-state index in [1.807, 2.05) is 24.3 Å². The minimum Gasteiger partial charge on any atom is -0.497 e. The van der Waals surface area contributed by atoms with Crippen LogP contribution in [0.5, 0.6) is 5.75 Å². The largest absolute Gasteiger partial charge is 0.497 e. The highest BCUT2D eigenvalue weighted by molar-refractivity contribution is 6.75. The van der Waals surface area contributed by atoms with Gasteiger partial charge in [0.2, 0.25) is 0 Å². The molecule has 0 amide bonds. The van der Waals surface area contributed by atoms with Crippen molar-refractivity contribution in [2.45, 2.75) is 32.7 Å². The van der Waals surface area contributed by atoms with Gasteiger partial charge in [-0.05, 0) is 57.5 Å². The SMILES string of the molecule is COc1ccc(N[Si](OC)(OC)C2(C)C=C(C)C(C)=C2C)cc1. The lowest BCUT2D eigenvalue weighted by atomic mass is 10.0. The number of nitrogens with one attached hydrogen (secondary N) is 1. The Morgan fingerprint density at radius 3 is 1.91 bits per heavy atom. The molecule has 1 aromatic rings. The highest BCUT2D eigenvalue weighted by Crippen LogP contribution is 2.53. The second kappa shape index (κ2) is 6.51. The van der Waals surface area contributed by atoms with Crippen LogP contribution in [0, 0.1) is 0 Å². The minimum atomic E-state index is -2.77. The van der Waals surface area contributed by atoms with Crippen LogP contribution < -0.4 is 9.72 Å². The predicted octanol–water partition coefficient (Wildman–Crippen LogP) is 4.40. The highest BCUT2D eigenvalue weighted by Gasteiger charge is 2.57. The number of hydrogen-bond donors (Lipinski definition) is 1. The van der Waals surface area contributed by atoms with Gasteiger partial charge in [-0.1, -0.05) is 17.2 Å². The molecule has 5 heteroatoms. The molecule has 0 aliphatic heterocycles. The van der Waals surface area contributed by atoms with Gasteiger partial charge in [-0.2, -0.15) is 0 Å². The van der Waals surface area contributed by atoms with Crippen LogP contribution in [0.4, 0.5) is 5.69 Å². The van der Waals surface area contributed by atoms with Gasteiger partial charge in [0.1, 0.15) is 5.75 Å². The summed E-state index contributed by atoms with van der Waals surface area (Å²) in [7, 11) is 2.34. The van der Waals surface area contributed by atoms with Crippen molar-refractivity contribution in [3.05, 3.63) is 47.1 Å². The Labute approximate surface area is 140 Å². The number of rotatable bonds is 6. The van der Waals surface area contributed by atoms with E-state index in [0.717, 1.165) is 11.4 Å². The molecule has 0 bridgehead atoms. The number of anilines is 1. The fraction of sp³-hybridized carbons (Fsp3) is 0.444. The minimum absolute atomic E-state index is 0.273. The van der Waals surface area contributed by atoms with Gasteiger partial charge < -0.3 is 18.6 Å². The van der Waals surface area contributed by atoms with E-state index in [1.54, 1.807) is 21.3 Å². The maximum atomic E-state index is 6.00. The summed E-state index contributed by atoms with van der Waals surface area (Å²) < 4.78 is 17.2. The summed E-state index contributed by atoms with van der Waals surface area (Å²) in [4.78, 5) is 3.56. The zero-order valence-electron chi connectivity index (χ0n) is 15.1. The molecule has 1 aliphatic rings. The lowest BCUT2D eigenvalue weighted by molar-refractivity contribution is 0.232. The van der Waals surface area contributed by atoms with Gasteiger partial charge in [-0.15, -0.1) is 0 Å². The molecule has 0 aromatic heterocycles. The van der Waals surface area contributed by atoms with E-state index < -0.39 is 8.72 Å². The van der Waals surface area contributed by atoms with Gasteiger partial charge >= 0.3 is 8.72 Å². The van der Waals surface area contributed by atoms with E-state index in [4.69, 9.17) is 13.6 Å². The average molecular weight is 334 g/mol. The van der Waals surface area contributed by atoms with Crippen molar-refractivity contribution in [3.8, 4) is 5.75 Å². The quantitative estimate of drug-likeness (QED) is 0.784. The third-order valence-corrected chi connectivity index (χ3v) is 8.75. The normalized spacial score (nSPS) is 21.4. The second-order valence-corrected chi connectivity index (χ2v) is 9.50. The molecule has 23 heavy (non-hydrogen) atoms. The highest BCUT2D eigenvalue weighted by atomic mass is 28.4. The maximum absolute atomic E-state index is 6.00. The van der Waals surface area contributed by atoms with Crippen molar-refractivity contribution >= 4 is 14.4 Å². The molecule has 0 saturated carbocycles. The molecule has 126 valence electrons. The first-order valence-corrected chi connectivity index (χ1v) is 9.55. The fourth-order valence-corrected chi connectivity index (χ4v) is 6.39. The summed E-state index contributed by atoms with van der Waals surface area (Å²) in [6, 6.07) is 7.83. The molecule has 0 heterocycles. The number of benzene rings is 1. The van der Waals surface area contributed by atoms with Gasteiger partial charge in [-0.3, -0.25) is 0 Å². The number of allylic oxidation sites excluding steroid dienone is 4. The van der Waals surface area contributed by atoms with Gasteiger partial charge in [0.25, 0.3) is 0 Å². The topological polar surface area (TPSA) is 39.7 Å². The van der Waals surface area contributed by atoms with Crippen LogP contribution in [0.25, 0.3) is 0 Å². The van der Waals surface area contributed by atoms with Crippen molar-refractivity contribution < 1.29 is 13.6 Å². The van der Waals surface area contributed by atoms with Crippen molar-refractivity contribution in [2.24, 2.45) is 0 Å². The molecule has 1 aromatic carbocycles. The number of ether oxygens (including phenoxy) is 1. The monoisotopic (exact) mass is 333 g/mol. The van der Waals surface area contributed by atoms with Gasteiger partial charge in [-0.25, -0.2) is 0 Å². The molecule has 1 atom stereocenters. The zero-order valence-corrected chi connectivity index (χ0v) is 16.1. The number of methoxy groups -OCH3 is 1. The first-order chi connectivity index (χ1) is 10.8. The van der Waals surface area contributed by atoms with Crippen LogP contribution in [-0.4, -0.2) is 30.1 Å². The molecule has 0 radical (unpaired) electrons. The van der Waals surface area contributed by atoms with Crippen LogP contribution in [0.15, 0.2) is 47.1 Å². The zero-order chi connectivity index (χ0) is 17.3. The maximum Gasteiger partial charge on any atom is 0.470 e. The Balaban J connectivity index is 2.43. The number of hydrogen-bond acceptors (Lipinski definition) is 4. The van der Waals surface area contributed by atoms with Crippen molar-refractivity contribution in [1.29, 1.82) is 0 Å². The molecule has 1 aliphatic carbocycles. The van der Waals surface area contributed by atoms with Gasteiger partial charge in [0.15, 0.2) is 0 Å². The first-order valence-electron chi connectivity index (χ1n) is 7.74. The van der Waals surface area contributed by atoms with E-state index in [9.17, 15) is 0 Å². The molecule has 2 rings (SSSR count). The molecular weight excluding hydrogens is 306 g/mol. The molecule has 4 nitrogen and oxygen atoms in total. The van der Waals surface area contributed by atoms with Crippen LogP contribution >= 0.6 is 0 Å². The summed E-state index contributed by atoms with van der Waals surface area (Å²) in [6.45, 7) is 8.65. The van der Waals surface area contributed by atoms with E-state index in [-0.39, 0.29) is 5.04 Å². The third-order valence-electron chi connectivity index (χ3n) is 5.10. The Bertz CT molecular complexity index is 632. The summed E-state index contributed by atoms with van der Waals surface area (Å²) in [6.07, 6.45) is 2.27. The van der Waals surface area contributed by atoms with E-state index in [1.165, 1.54) is 16.7 Å². The molecule has 1 unspecified atom stereocenters. The molecule has 1 N–H and O–H groups in total. The molecule has 0 fully saturated rings. The van der Waals surface area contributed by atoms with Gasteiger partial charge in [0.05, 0.1) is 12.1 Å². The Hall–Kier alpha value is -1.56. The van der Waals surface area contributed by atoms with Gasteiger partial charge in [0, 0.05) is 19.9 Å².